The molecule has 0 saturated heterocycles. The standard InChI is InChI=1S/C19H15FN6O2S/c1-11-3-2-4-14(9-11)21-15(27)10-29-19-24-23-18-22-17(28)16(25-26(18)19)12-5-7-13(20)8-6-12/h2-9H,10H2,1H3,(H,21,27)(H,22,23,28). The first-order chi connectivity index (χ1) is 14.0. The third-order valence-electron chi connectivity index (χ3n) is 4.00. The number of nitrogens with zero attached hydrogens (tertiary/aromatic N) is 4. The zero-order valence-electron chi connectivity index (χ0n) is 15.2. The number of benzene rings is 2. The SMILES string of the molecule is Cc1cccc(NC(=O)CSc2nnc3[nH]c(=O)c(-c4ccc(F)cc4)nn23)c1. The third kappa shape index (κ3) is 4.16. The van der Waals surface area contributed by atoms with Crippen molar-refractivity contribution in [3.8, 4) is 11.3 Å². The molecule has 0 bridgehead atoms. The Balaban J connectivity index is 1.55. The molecule has 0 saturated carbocycles. The summed E-state index contributed by atoms with van der Waals surface area (Å²) in [6, 6.07) is 12.9. The molecular formula is C19H15FN6O2S. The van der Waals surface area contributed by atoms with E-state index in [1.165, 1.54) is 28.8 Å². The predicted molar refractivity (Wildman–Crippen MR) is 107 cm³/mol. The second kappa shape index (κ2) is 7.84. The molecule has 0 spiro atoms. The number of aromatic amines is 1. The molecule has 2 aromatic carbocycles. The molecule has 4 rings (SSSR count). The van der Waals surface area contributed by atoms with Crippen LogP contribution in [0.1, 0.15) is 5.56 Å². The summed E-state index contributed by atoms with van der Waals surface area (Å²) in [6.45, 7) is 1.94. The van der Waals surface area contributed by atoms with Crippen LogP contribution in [0.3, 0.4) is 0 Å². The number of hydrogen-bond acceptors (Lipinski definition) is 6. The van der Waals surface area contributed by atoms with Crippen LogP contribution >= 0.6 is 11.8 Å². The van der Waals surface area contributed by atoms with Gasteiger partial charge < -0.3 is 5.32 Å². The van der Waals surface area contributed by atoms with Crippen LogP contribution < -0.4 is 10.9 Å². The minimum atomic E-state index is -0.467. The fourth-order valence-corrected chi connectivity index (χ4v) is 3.36. The lowest BCUT2D eigenvalue weighted by atomic mass is 10.2. The number of aryl methyl sites for hydroxylation is 1. The van der Waals surface area contributed by atoms with Crippen LogP contribution in [0.2, 0.25) is 0 Å². The Morgan fingerprint density at radius 2 is 2.00 bits per heavy atom. The number of rotatable bonds is 5. The van der Waals surface area contributed by atoms with E-state index in [2.05, 4.69) is 25.6 Å². The summed E-state index contributed by atoms with van der Waals surface area (Å²) < 4.78 is 14.5. The van der Waals surface area contributed by atoms with E-state index in [1.807, 2.05) is 31.2 Å². The summed E-state index contributed by atoms with van der Waals surface area (Å²) in [6.07, 6.45) is 0. The summed E-state index contributed by atoms with van der Waals surface area (Å²) in [5, 5.41) is 15.3. The summed E-state index contributed by atoms with van der Waals surface area (Å²) in [5.41, 5.74) is 1.84. The summed E-state index contributed by atoms with van der Waals surface area (Å²) >= 11 is 1.13. The first-order valence-electron chi connectivity index (χ1n) is 8.60. The van der Waals surface area contributed by atoms with Crippen LogP contribution in [-0.4, -0.2) is 36.5 Å². The van der Waals surface area contributed by atoms with Crippen molar-refractivity contribution in [1.29, 1.82) is 0 Å². The van der Waals surface area contributed by atoms with Gasteiger partial charge in [-0.25, -0.2) is 4.39 Å². The number of thioether (sulfide) groups is 1. The highest BCUT2D eigenvalue weighted by Crippen LogP contribution is 2.18. The maximum atomic E-state index is 13.2. The summed E-state index contributed by atoms with van der Waals surface area (Å²) in [4.78, 5) is 27.1. The number of aromatic nitrogens is 5. The van der Waals surface area contributed by atoms with Crippen LogP contribution in [0.25, 0.3) is 17.0 Å². The molecule has 0 aliphatic heterocycles. The Morgan fingerprint density at radius 3 is 2.76 bits per heavy atom. The maximum Gasteiger partial charge on any atom is 0.279 e. The molecule has 1 amide bonds. The molecule has 0 fully saturated rings. The van der Waals surface area contributed by atoms with Gasteiger partial charge in [0.05, 0.1) is 5.75 Å². The Kier molecular flexibility index (Phi) is 5.09. The van der Waals surface area contributed by atoms with Crippen molar-refractivity contribution in [2.45, 2.75) is 12.1 Å². The quantitative estimate of drug-likeness (QED) is 0.490. The number of anilines is 1. The highest BCUT2D eigenvalue weighted by Gasteiger charge is 2.15. The van der Waals surface area contributed by atoms with Crippen LogP contribution in [0.5, 0.6) is 0 Å². The number of H-pyrrole nitrogens is 1. The van der Waals surface area contributed by atoms with Gasteiger partial charge in [-0.2, -0.15) is 9.61 Å². The fourth-order valence-electron chi connectivity index (χ4n) is 2.68. The molecule has 0 aliphatic carbocycles. The number of carbonyl (C=O) groups is 1. The Labute approximate surface area is 168 Å². The lowest BCUT2D eigenvalue weighted by Crippen LogP contribution is -2.16. The topological polar surface area (TPSA) is 105 Å². The minimum absolute atomic E-state index is 0.0847. The van der Waals surface area contributed by atoms with E-state index < -0.39 is 11.4 Å². The molecule has 0 radical (unpaired) electrons. The van der Waals surface area contributed by atoms with Gasteiger partial charge in [0.25, 0.3) is 11.3 Å². The summed E-state index contributed by atoms with van der Waals surface area (Å²) in [5.74, 6) is -0.379. The van der Waals surface area contributed by atoms with E-state index in [0.717, 1.165) is 17.3 Å². The molecule has 2 N–H and O–H groups in total. The van der Waals surface area contributed by atoms with E-state index in [4.69, 9.17) is 0 Å². The second-order valence-electron chi connectivity index (χ2n) is 6.23. The number of amides is 1. The Hall–Kier alpha value is -3.53. The van der Waals surface area contributed by atoms with Gasteiger partial charge >= 0.3 is 0 Å². The van der Waals surface area contributed by atoms with Gasteiger partial charge in [0, 0.05) is 11.3 Å². The van der Waals surface area contributed by atoms with E-state index >= 15 is 0 Å². The zero-order chi connectivity index (χ0) is 20.4. The van der Waals surface area contributed by atoms with E-state index in [1.54, 1.807) is 0 Å². The minimum Gasteiger partial charge on any atom is -0.325 e. The van der Waals surface area contributed by atoms with Crippen LogP contribution in [-0.2, 0) is 4.79 Å². The highest BCUT2D eigenvalue weighted by molar-refractivity contribution is 7.99. The van der Waals surface area contributed by atoms with Gasteiger partial charge in [-0.3, -0.25) is 14.6 Å². The van der Waals surface area contributed by atoms with Gasteiger partial charge in [0.2, 0.25) is 11.1 Å². The van der Waals surface area contributed by atoms with Gasteiger partial charge in [-0.05, 0) is 48.9 Å². The molecule has 2 aromatic heterocycles. The molecule has 2 heterocycles. The van der Waals surface area contributed by atoms with Gasteiger partial charge in [-0.1, -0.05) is 23.9 Å². The molecule has 0 aliphatic rings. The van der Waals surface area contributed by atoms with Crippen LogP contribution in [0.15, 0.2) is 58.5 Å². The van der Waals surface area contributed by atoms with Gasteiger partial charge in [0.15, 0.2) is 5.69 Å². The average molecular weight is 410 g/mol. The number of fused-ring (bicyclic) bond motifs is 1. The normalized spacial score (nSPS) is 11.0. The van der Waals surface area contributed by atoms with Crippen LogP contribution in [0, 0.1) is 12.7 Å². The Bertz CT molecular complexity index is 1250. The number of halogens is 1. The van der Waals surface area contributed by atoms with Crippen molar-refractivity contribution < 1.29 is 9.18 Å². The third-order valence-corrected chi connectivity index (χ3v) is 4.92. The lowest BCUT2D eigenvalue weighted by molar-refractivity contribution is -0.113. The van der Waals surface area contributed by atoms with E-state index in [0.29, 0.717) is 16.4 Å². The van der Waals surface area contributed by atoms with Crippen molar-refractivity contribution in [2.75, 3.05) is 11.1 Å². The fraction of sp³-hybridized carbons (Fsp3) is 0.105. The average Bonchev–Trinajstić information content (AvgIpc) is 3.08. The zero-order valence-corrected chi connectivity index (χ0v) is 16.0. The number of nitrogens with one attached hydrogen (secondary N) is 2. The molecule has 0 unspecified atom stereocenters. The first kappa shape index (κ1) is 18.8. The van der Waals surface area contributed by atoms with E-state index in [9.17, 15) is 14.0 Å². The molecule has 10 heteroatoms. The molecule has 0 atom stereocenters. The molecule has 29 heavy (non-hydrogen) atoms. The predicted octanol–water partition coefficient (Wildman–Crippen LogP) is 2.66. The first-order valence-corrected chi connectivity index (χ1v) is 9.59. The number of carbonyl (C=O) groups excluding carboxylic acids is 1. The van der Waals surface area contributed by atoms with Crippen LogP contribution in [0.4, 0.5) is 10.1 Å². The maximum absolute atomic E-state index is 13.2. The number of hydrogen-bond donors (Lipinski definition) is 2. The monoisotopic (exact) mass is 410 g/mol. The Morgan fingerprint density at radius 1 is 1.21 bits per heavy atom. The lowest BCUT2D eigenvalue weighted by Gasteiger charge is -2.05. The van der Waals surface area contributed by atoms with Gasteiger partial charge in [0.1, 0.15) is 5.82 Å². The largest absolute Gasteiger partial charge is 0.325 e. The van der Waals surface area contributed by atoms with Crippen molar-refractivity contribution in [3.05, 3.63) is 70.3 Å². The van der Waals surface area contributed by atoms with Crippen molar-refractivity contribution >= 4 is 29.1 Å². The molecule has 146 valence electrons. The van der Waals surface area contributed by atoms with Crippen molar-refractivity contribution in [3.63, 3.8) is 0 Å². The summed E-state index contributed by atoms with van der Waals surface area (Å²) in [7, 11) is 0. The molecule has 8 nitrogen and oxygen atoms in total. The smallest absolute Gasteiger partial charge is 0.279 e. The highest BCUT2D eigenvalue weighted by atomic mass is 32.2. The molecular weight excluding hydrogens is 395 g/mol. The van der Waals surface area contributed by atoms with E-state index in [-0.39, 0.29) is 23.1 Å². The van der Waals surface area contributed by atoms with Crippen molar-refractivity contribution in [2.24, 2.45) is 0 Å². The van der Waals surface area contributed by atoms with Gasteiger partial charge in [-0.15, -0.1) is 10.2 Å². The molecule has 4 aromatic rings. The second-order valence-corrected chi connectivity index (χ2v) is 7.18. The van der Waals surface area contributed by atoms with Crippen molar-refractivity contribution in [1.82, 2.24) is 24.8 Å².